The van der Waals surface area contributed by atoms with E-state index in [-0.39, 0.29) is 17.7 Å². The minimum absolute atomic E-state index is 0.0230. The number of carbonyl (C=O) groups is 2. The summed E-state index contributed by atoms with van der Waals surface area (Å²) in [6.45, 7) is 2.99. The van der Waals surface area contributed by atoms with E-state index in [0.717, 1.165) is 5.56 Å². The summed E-state index contributed by atoms with van der Waals surface area (Å²) in [5.41, 5.74) is 6.12. The number of rotatable bonds is 2. The molecule has 2 saturated heterocycles. The van der Waals surface area contributed by atoms with Crippen LogP contribution in [0.3, 0.4) is 0 Å². The Morgan fingerprint density at radius 2 is 2.05 bits per heavy atom. The summed E-state index contributed by atoms with van der Waals surface area (Å²) in [4.78, 5) is 25.7. The molecule has 5 heteroatoms. The van der Waals surface area contributed by atoms with E-state index in [1.54, 1.807) is 4.90 Å². The van der Waals surface area contributed by atoms with Gasteiger partial charge >= 0.3 is 0 Å². The molecule has 1 aromatic carbocycles. The Kier molecular flexibility index (Phi) is 2.60. The molecule has 19 heavy (non-hydrogen) atoms. The Bertz CT molecular complexity index is 531. The van der Waals surface area contributed by atoms with Crippen molar-refractivity contribution < 1.29 is 9.59 Å². The fourth-order valence-corrected chi connectivity index (χ4v) is 2.95. The summed E-state index contributed by atoms with van der Waals surface area (Å²) >= 11 is 0. The van der Waals surface area contributed by atoms with Gasteiger partial charge in [-0.2, -0.15) is 0 Å². The van der Waals surface area contributed by atoms with E-state index < -0.39 is 11.6 Å². The maximum absolute atomic E-state index is 12.3. The van der Waals surface area contributed by atoms with Crippen LogP contribution in [0.2, 0.25) is 0 Å². The van der Waals surface area contributed by atoms with Gasteiger partial charge in [0.2, 0.25) is 5.91 Å². The summed E-state index contributed by atoms with van der Waals surface area (Å²) < 4.78 is 0. The molecule has 3 rings (SSSR count). The number of nitrogens with zero attached hydrogens (tertiary/aromatic N) is 1. The van der Waals surface area contributed by atoms with Crippen LogP contribution >= 0.6 is 0 Å². The van der Waals surface area contributed by atoms with Crippen molar-refractivity contribution in [3.8, 4) is 0 Å². The second-order valence-corrected chi connectivity index (χ2v) is 5.42. The molecule has 2 aliphatic rings. The maximum Gasteiger partial charge on any atom is 0.250 e. The van der Waals surface area contributed by atoms with Crippen molar-refractivity contribution in [2.75, 3.05) is 6.54 Å². The van der Waals surface area contributed by atoms with E-state index >= 15 is 0 Å². The number of hydrogen-bond donors (Lipinski definition) is 2. The van der Waals surface area contributed by atoms with Gasteiger partial charge in [0.25, 0.3) is 5.91 Å². The molecule has 5 nitrogen and oxygen atoms in total. The van der Waals surface area contributed by atoms with Gasteiger partial charge < -0.3 is 16.0 Å². The predicted octanol–water partition coefficient (Wildman–Crippen LogP) is -0.139. The number of benzene rings is 1. The van der Waals surface area contributed by atoms with Crippen LogP contribution in [-0.4, -0.2) is 34.8 Å². The monoisotopic (exact) mass is 259 g/mol. The Morgan fingerprint density at radius 3 is 2.58 bits per heavy atom. The third kappa shape index (κ3) is 1.65. The SMILES string of the molecule is C[C@@H]1[C@H](N)C(=O)NC12CN(Cc1ccccc1)C2=O. The molecule has 1 aromatic rings. The molecule has 2 aliphatic heterocycles. The van der Waals surface area contributed by atoms with Crippen molar-refractivity contribution in [2.24, 2.45) is 11.7 Å². The first-order chi connectivity index (χ1) is 9.04. The second kappa shape index (κ2) is 4.06. The normalized spacial score (nSPS) is 33.5. The summed E-state index contributed by atoms with van der Waals surface area (Å²) in [5, 5.41) is 2.78. The largest absolute Gasteiger partial charge is 0.339 e. The standard InChI is InChI=1S/C14H17N3O2/c1-9-11(15)12(18)16-14(9)8-17(13(14)19)7-10-5-3-2-4-6-10/h2-6,9,11H,7-8,15H2,1H3,(H,16,18)/t9-,11+,14?/m1/s1. The van der Waals surface area contributed by atoms with Gasteiger partial charge in [-0.3, -0.25) is 9.59 Å². The number of nitrogens with two attached hydrogens (primary N) is 1. The van der Waals surface area contributed by atoms with Crippen LogP contribution < -0.4 is 11.1 Å². The van der Waals surface area contributed by atoms with Crippen molar-refractivity contribution in [1.82, 2.24) is 10.2 Å². The zero-order valence-corrected chi connectivity index (χ0v) is 10.8. The highest BCUT2D eigenvalue weighted by Crippen LogP contribution is 2.37. The average molecular weight is 259 g/mol. The number of nitrogens with one attached hydrogen (secondary N) is 1. The lowest BCUT2D eigenvalue weighted by molar-refractivity contribution is -0.156. The van der Waals surface area contributed by atoms with Gasteiger partial charge in [-0.25, -0.2) is 0 Å². The van der Waals surface area contributed by atoms with Gasteiger partial charge in [-0.1, -0.05) is 37.3 Å². The highest BCUT2D eigenvalue weighted by atomic mass is 16.2. The first-order valence-corrected chi connectivity index (χ1v) is 6.45. The van der Waals surface area contributed by atoms with Gasteiger partial charge in [0.05, 0.1) is 12.6 Å². The fourth-order valence-electron chi connectivity index (χ4n) is 2.95. The van der Waals surface area contributed by atoms with Crippen LogP contribution in [0.1, 0.15) is 12.5 Å². The van der Waals surface area contributed by atoms with Crippen LogP contribution in [-0.2, 0) is 16.1 Å². The molecule has 2 fully saturated rings. The van der Waals surface area contributed by atoms with Crippen LogP contribution in [0, 0.1) is 5.92 Å². The van der Waals surface area contributed by atoms with Crippen molar-refractivity contribution in [1.29, 1.82) is 0 Å². The summed E-state index contributed by atoms with van der Waals surface area (Å²) in [7, 11) is 0. The van der Waals surface area contributed by atoms with Crippen LogP contribution in [0.4, 0.5) is 0 Å². The first-order valence-electron chi connectivity index (χ1n) is 6.45. The van der Waals surface area contributed by atoms with E-state index in [2.05, 4.69) is 5.32 Å². The molecule has 0 bridgehead atoms. The minimum Gasteiger partial charge on any atom is -0.339 e. The van der Waals surface area contributed by atoms with Gasteiger partial charge in [-0.15, -0.1) is 0 Å². The van der Waals surface area contributed by atoms with E-state index in [4.69, 9.17) is 5.73 Å². The third-order valence-corrected chi connectivity index (χ3v) is 4.29. The first kappa shape index (κ1) is 12.2. The van der Waals surface area contributed by atoms with Gasteiger partial charge in [0, 0.05) is 12.5 Å². The second-order valence-electron chi connectivity index (χ2n) is 5.42. The number of likely N-dealkylation sites (tertiary alicyclic amines) is 1. The molecular weight excluding hydrogens is 242 g/mol. The minimum atomic E-state index is -0.759. The number of hydrogen-bond acceptors (Lipinski definition) is 3. The molecule has 3 N–H and O–H groups in total. The highest BCUT2D eigenvalue weighted by Gasteiger charge is 2.62. The van der Waals surface area contributed by atoms with E-state index in [1.807, 2.05) is 37.3 Å². The molecule has 0 aliphatic carbocycles. The molecule has 0 saturated carbocycles. The number of β-lactam (4-membered cyclic amide) rings is 1. The third-order valence-electron chi connectivity index (χ3n) is 4.29. The topological polar surface area (TPSA) is 75.4 Å². The zero-order valence-electron chi connectivity index (χ0n) is 10.8. The quantitative estimate of drug-likeness (QED) is 0.726. The van der Waals surface area contributed by atoms with Crippen LogP contribution in [0.5, 0.6) is 0 Å². The molecule has 2 amide bonds. The van der Waals surface area contributed by atoms with Crippen molar-refractivity contribution in [3.63, 3.8) is 0 Å². The van der Waals surface area contributed by atoms with Crippen LogP contribution in [0.15, 0.2) is 30.3 Å². The van der Waals surface area contributed by atoms with Crippen molar-refractivity contribution in [2.45, 2.75) is 25.0 Å². The van der Waals surface area contributed by atoms with Crippen molar-refractivity contribution >= 4 is 11.8 Å². The summed E-state index contributed by atoms with van der Waals surface area (Å²) in [6, 6.07) is 9.24. The number of amides is 2. The summed E-state index contributed by atoms with van der Waals surface area (Å²) in [5.74, 6) is -0.398. The molecule has 0 radical (unpaired) electrons. The maximum atomic E-state index is 12.3. The van der Waals surface area contributed by atoms with Crippen molar-refractivity contribution in [3.05, 3.63) is 35.9 Å². The van der Waals surface area contributed by atoms with Gasteiger partial charge in [-0.05, 0) is 5.56 Å². The van der Waals surface area contributed by atoms with Crippen LogP contribution in [0.25, 0.3) is 0 Å². The van der Waals surface area contributed by atoms with E-state index in [0.29, 0.717) is 13.1 Å². The molecule has 1 unspecified atom stereocenters. The Balaban J connectivity index is 1.72. The molecule has 0 aromatic heterocycles. The number of carbonyl (C=O) groups excluding carboxylic acids is 2. The Hall–Kier alpha value is -1.88. The predicted molar refractivity (Wildman–Crippen MR) is 69.9 cm³/mol. The summed E-state index contributed by atoms with van der Waals surface area (Å²) in [6.07, 6.45) is 0. The molecule has 2 heterocycles. The lowest BCUT2D eigenvalue weighted by Gasteiger charge is -2.49. The average Bonchev–Trinajstić information content (AvgIpc) is 2.66. The molecular formula is C14H17N3O2. The zero-order chi connectivity index (χ0) is 13.6. The smallest absolute Gasteiger partial charge is 0.250 e. The fraction of sp³-hybridized carbons (Fsp3) is 0.429. The Morgan fingerprint density at radius 1 is 1.37 bits per heavy atom. The van der Waals surface area contributed by atoms with E-state index in [1.165, 1.54) is 0 Å². The van der Waals surface area contributed by atoms with Gasteiger partial charge in [0.1, 0.15) is 5.54 Å². The molecule has 3 atom stereocenters. The van der Waals surface area contributed by atoms with E-state index in [9.17, 15) is 9.59 Å². The lowest BCUT2D eigenvalue weighted by Crippen LogP contribution is -2.73. The Labute approximate surface area is 111 Å². The lowest BCUT2D eigenvalue weighted by atomic mass is 9.77. The molecule has 100 valence electrons. The van der Waals surface area contributed by atoms with Gasteiger partial charge in [0.15, 0.2) is 0 Å². The highest BCUT2D eigenvalue weighted by molar-refractivity contribution is 6.01. The molecule has 1 spiro atoms.